The van der Waals surface area contributed by atoms with Gasteiger partial charge in [0, 0.05) is 19.2 Å². The van der Waals surface area contributed by atoms with Gasteiger partial charge >= 0.3 is 0 Å². The van der Waals surface area contributed by atoms with Crippen LogP contribution in [-0.2, 0) is 11.2 Å². The van der Waals surface area contributed by atoms with Crippen LogP contribution in [-0.4, -0.2) is 27.3 Å². The number of nitrogens with zero attached hydrogens (tertiary/aromatic N) is 3. The third-order valence-electron chi connectivity index (χ3n) is 2.87. The van der Waals surface area contributed by atoms with E-state index in [2.05, 4.69) is 10.2 Å². The van der Waals surface area contributed by atoms with E-state index in [0.717, 1.165) is 37.3 Å². The minimum atomic E-state index is 0.284. The quantitative estimate of drug-likeness (QED) is 0.803. The van der Waals surface area contributed by atoms with Gasteiger partial charge in [-0.25, -0.2) is 0 Å². The molecule has 2 aromatic heterocycles. The molecule has 3 rings (SSSR count). The van der Waals surface area contributed by atoms with Gasteiger partial charge in [-0.15, -0.1) is 10.2 Å². The summed E-state index contributed by atoms with van der Waals surface area (Å²) in [5.41, 5.74) is 0.831. The van der Waals surface area contributed by atoms with E-state index in [0.29, 0.717) is 5.02 Å². The van der Waals surface area contributed by atoms with Gasteiger partial charge in [0.2, 0.25) is 0 Å². The van der Waals surface area contributed by atoms with Crippen molar-refractivity contribution in [3.8, 4) is 0 Å². The fourth-order valence-electron chi connectivity index (χ4n) is 2.06. The maximum atomic E-state index is 5.96. The van der Waals surface area contributed by atoms with Gasteiger partial charge in [0.15, 0.2) is 5.65 Å². The Kier molecular flexibility index (Phi) is 2.53. The summed E-state index contributed by atoms with van der Waals surface area (Å²) in [6, 6.07) is 3.69. The number of aromatic nitrogens is 3. The standard InChI is InChI=1S/C11H12ClN3O/c12-8-3-4-10-13-14-11(15(10)7-8)6-9-2-1-5-16-9/h3-4,7,9H,1-2,5-6H2. The summed E-state index contributed by atoms with van der Waals surface area (Å²) < 4.78 is 7.53. The van der Waals surface area contributed by atoms with E-state index in [1.54, 1.807) is 0 Å². The van der Waals surface area contributed by atoms with Gasteiger partial charge in [-0.05, 0) is 25.0 Å². The minimum absolute atomic E-state index is 0.284. The van der Waals surface area contributed by atoms with Crippen LogP contribution < -0.4 is 0 Å². The fourth-order valence-corrected chi connectivity index (χ4v) is 2.22. The first-order valence-corrected chi connectivity index (χ1v) is 5.81. The normalized spacial score (nSPS) is 20.7. The van der Waals surface area contributed by atoms with E-state index >= 15 is 0 Å². The largest absolute Gasteiger partial charge is 0.378 e. The van der Waals surface area contributed by atoms with E-state index in [1.165, 1.54) is 0 Å². The molecule has 84 valence electrons. The van der Waals surface area contributed by atoms with Crippen LogP contribution in [0.1, 0.15) is 18.7 Å². The van der Waals surface area contributed by atoms with Crippen molar-refractivity contribution in [1.29, 1.82) is 0 Å². The molecule has 1 saturated heterocycles. The summed E-state index contributed by atoms with van der Waals surface area (Å²) in [5, 5.41) is 8.97. The zero-order valence-electron chi connectivity index (χ0n) is 8.77. The third kappa shape index (κ3) is 1.79. The number of pyridine rings is 1. The van der Waals surface area contributed by atoms with Crippen LogP contribution in [0, 0.1) is 0 Å². The highest BCUT2D eigenvalue weighted by Gasteiger charge is 2.18. The van der Waals surface area contributed by atoms with Gasteiger partial charge in [0.05, 0.1) is 11.1 Å². The first-order chi connectivity index (χ1) is 7.83. The number of ether oxygens (including phenoxy) is 1. The summed E-state index contributed by atoms with van der Waals surface area (Å²) in [5.74, 6) is 0.921. The molecular weight excluding hydrogens is 226 g/mol. The molecule has 0 amide bonds. The van der Waals surface area contributed by atoms with Crippen LogP contribution in [0.3, 0.4) is 0 Å². The summed E-state index contributed by atoms with van der Waals surface area (Å²) in [4.78, 5) is 0. The van der Waals surface area contributed by atoms with Crippen molar-refractivity contribution >= 4 is 17.2 Å². The van der Waals surface area contributed by atoms with Gasteiger partial charge < -0.3 is 4.74 Å². The van der Waals surface area contributed by atoms with E-state index < -0.39 is 0 Å². The van der Waals surface area contributed by atoms with Crippen molar-refractivity contribution in [2.75, 3.05) is 6.61 Å². The van der Waals surface area contributed by atoms with Gasteiger partial charge in [-0.1, -0.05) is 11.6 Å². The second-order valence-electron chi connectivity index (χ2n) is 4.03. The molecule has 0 saturated carbocycles. The molecule has 5 heteroatoms. The molecule has 0 aliphatic carbocycles. The molecule has 2 aromatic rings. The SMILES string of the molecule is Clc1ccc2nnc(CC3CCCO3)n2c1. The van der Waals surface area contributed by atoms with Crippen LogP contribution in [0.2, 0.25) is 5.02 Å². The summed E-state index contributed by atoms with van der Waals surface area (Å²) >= 11 is 5.96. The lowest BCUT2D eigenvalue weighted by Gasteiger charge is -2.07. The Morgan fingerprint density at radius 1 is 1.44 bits per heavy atom. The molecule has 1 unspecified atom stereocenters. The second kappa shape index (κ2) is 4.03. The van der Waals surface area contributed by atoms with E-state index in [-0.39, 0.29) is 6.10 Å². The Morgan fingerprint density at radius 3 is 3.19 bits per heavy atom. The molecule has 4 nitrogen and oxygen atoms in total. The molecule has 1 atom stereocenters. The lowest BCUT2D eigenvalue weighted by Crippen LogP contribution is -2.11. The van der Waals surface area contributed by atoms with Crippen molar-refractivity contribution in [1.82, 2.24) is 14.6 Å². The predicted molar refractivity (Wildman–Crippen MR) is 60.7 cm³/mol. The smallest absolute Gasteiger partial charge is 0.160 e. The van der Waals surface area contributed by atoms with Gasteiger partial charge in [0.1, 0.15) is 5.82 Å². The molecule has 16 heavy (non-hydrogen) atoms. The van der Waals surface area contributed by atoms with Crippen LogP contribution in [0.4, 0.5) is 0 Å². The van der Waals surface area contributed by atoms with Crippen LogP contribution in [0.15, 0.2) is 18.3 Å². The van der Waals surface area contributed by atoms with E-state index in [1.807, 2.05) is 22.7 Å². The number of hydrogen-bond acceptors (Lipinski definition) is 3. The van der Waals surface area contributed by atoms with Crippen LogP contribution in [0.25, 0.3) is 5.65 Å². The fraction of sp³-hybridized carbons (Fsp3) is 0.455. The molecule has 1 aliphatic rings. The van der Waals surface area contributed by atoms with Crippen LogP contribution >= 0.6 is 11.6 Å². The van der Waals surface area contributed by atoms with E-state index in [9.17, 15) is 0 Å². The average Bonchev–Trinajstić information content (AvgIpc) is 2.90. The Hall–Kier alpha value is -1.13. The molecule has 0 N–H and O–H groups in total. The first-order valence-electron chi connectivity index (χ1n) is 5.44. The molecule has 0 bridgehead atoms. The molecule has 0 radical (unpaired) electrons. The van der Waals surface area contributed by atoms with Crippen molar-refractivity contribution in [2.24, 2.45) is 0 Å². The van der Waals surface area contributed by atoms with Gasteiger partial charge in [0.25, 0.3) is 0 Å². The number of rotatable bonds is 2. The molecule has 0 spiro atoms. The lowest BCUT2D eigenvalue weighted by molar-refractivity contribution is 0.109. The second-order valence-corrected chi connectivity index (χ2v) is 4.47. The number of halogens is 1. The highest BCUT2D eigenvalue weighted by molar-refractivity contribution is 6.30. The number of fused-ring (bicyclic) bond motifs is 1. The summed E-state index contributed by atoms with van der Waals surface area (Å²) in [6.45, 7) is 0.863. The van der Waals surface area contributed by atoms with Crippen molar-refractivity contribution in [2.45, 2.75) is 25.4 Å². The topological polar surface area (TPSA) is 39.4 Å². The Labute approximate surface area is 98.2 Å². The Bertz CT molecular complexity index is 505. The average molecular weight is 238 g/mol. The van der Waals surface area contributed by atoms with Crippen LogP contribution in [0.5, 0.6) is 0 Å². The molecule has 3 heterocycles. The van der Waals surface area contributed by atoms with Crippen molar-refractivity contribution < 1.29 is 4.74 Å². The maximum Gasteiger partial charge on any atom is 0.160 e. The monoisotopic (exact) mass is 237 g/mol. The Balaban J connectivity index is 1.93. The van der Waals surface area contributed by atoms with Gasteiger partial charge in [-0.2, -0.15) is 0 Å². The maximum absolute atomic E-state index is 5.96. The highest BCUT2D eigenvalue weighted by atomic mass is 35.5. The predicted octanol–water partition coefficient (Wildman–Crippen LogP) is 2.10. The lowest BCUT2D eigenvalue weighted by atomic mass is 10.2. The zero-order chi connectivity index (χ0) is 11.0. The highest BCUT2D eigenvalue weighted by Crippen LogP contribution is 2.18. The summed E-state index contributed by atoms with van der Waals surface area (Å²) in [7, 11) is 0. The minimum Gasteiger partial charge on any atom is -0.378 e. The summed E-state index contributed by atoms with van der Waals surface area (Å²) in [6.07, 6.45) is 5.19. The van der Waals surface area contributed by atoms with E-state index in [4.69, 9.17) is 16.3 Å². The molecule has 1 aliphatic heterocycles. The molecule has 0 aromatic carbocycles. The van der Waals surface area contributed by atoms with Crippen molar-refractivity contribution in [3.63, 3.8) is 0 Å². The zero-order valence-corrected chi connectivity index (χ0v) is 9.52. The third-order valence-corrected chi connectivity index (χ3v) is 3.09. The Morgan fingerprint density at radius 2 is 2.38 bits per heavy atom. The van der Waals surface area contributed by atoms with Gasteiger partial charge in [-0.3, -0.25) is 4.40 Å². The molecular formula is C11H12ClN3O. The van der Waals surface area contributed by atoms with Crippen molar-refractivity contribution in [3.05, 3.63) is 29.2 Å². The first kappa shape index (κ1) is 10.1. The number of hydrogen-bond donors (Lipinski definition) is 0. The molecule has 1 fully saturated rings.